The molecule has 2 aromatic heterocycles. The Bertz CT molecular complexity index is 1300. The number of benzene rings is 2. The van der Waals surface area contributed by atoms with Crippen molar-refractivity contribution in [2.24, 2.45) is 0 Å². The van der Waals surface area contributed by atoms with Gasteiger partial charge in [-0.3, -0.25) is 4.79 Å². The summed E-state index contributed by atoms with van der Waals surface area (Å²) in [7, 11) is 0. The van der Waals surface area contributed by atoms with E-state index in [4.69, 9.17) is 5.73 Å². The number of hydrogen-bond acceptors (Lipinski definition) is 4. The van der Waals surface area contributed by atoms with E-state index >= 15 is 0 Å². The van der Waals surface area contributed by atoms with Crippen LogP contribution in [0.3, 0.4) is 0 Å². The van der Waals surface area contributed by atoms with Gasteiger partial charge in [0, 0.05) is 15.6 Å². The van der Waals surface area contributed by atoms with E-state index in [-0.39, 0.29) is 5.78 Å². The van der Waals surface area contributed by atoms with Gasteiger partial charge in [-0.1, -0.05) is 12.1 Å². The molecule has 7 heteroatoms. The second kappa shape index (κ2) is 6.30. The summed E-state index contributed by atoms with van der Waals surface area (Å²) in [5.41, 5.74) is 12.3. The van der Waals surface area contributed by atoms with Gasteiger partial charge in [0.25, 0.3) is 0 Å². The summed E-state index contributed by atoms with van der Waals surface area (Å²) in [6.45, 7) is 1.91. The van der Waals surface area contributed by atoms with Crippen molar-refractivity contribution in [2.45, 2.75) is 13.3 Å². The third-order valence-corrected chi connectivity index (χ3v) is 5.95. The molecule has 1 aliphatic carbocycles. The number of anilines is 1. The summed E-state index contributed by atoms with van der Waals surface area (Å²) in [6.07, 6.45) is 4.14. The van der Waals surface area contributed by atoms with E-state index in [9.17, 15) is 4.79 Å². The molecule has 0 saturated heterocycles. The van der Waals surface area contributed by atoms with E-state index in [1.54, 1.807) is 10.9 Å². The number of nitrogens with zero attached hydrogens (tertiary/aromatic N) is 3. The fourth-order valence-electron chi connectivity index (χ4n) is 3.64. The zero-order valence-corrected chi connectivity index (χ0v) is 17.2. The highest BCUT2D eigenvalue weighted by atomic mass is 127. The molecule has 2 aromatic carbocycles. The van der Waals surface area contributed by atoms with Crippen molar-refractivity contribution < 1.29 is 4.79 Å². The molecule has 0 fully saturated rings. The van der Waals surface area contributed by atoms with E-state index in [0.29, 0.717) is 17.8 Å². The van der Waals surface area contributed by atoms with Crippen LogP contribution in [-0.2, 0) is 6.42 Å². The molecule has 0 aliphatic heterocycles. The van der Waals surface area contributed by atoms with Gasteiger partial charge < -0.3 is 10.7 Å². The first-order valence-electron chi connectivity index (χ1n) is 8.84. The van der Waals surface area contributed by atoms with Gasteiger partial charge >= 0.3 is 0 Å². The number of aryl methyl sites for hydroxylation is 1. The number of rotatable bonds is 3. The number of nitrogen functional groups attached to an aromatic ring is 1. The first-order chi connectivity index (χ1) is 13.5. The standard InChI is InChI=1S/C21H16IN5O/c1-11-25-18-6-5-14(9-19(18)26-11)27-21(23)16(10-24-27)20(28)13-7-12-3-2-4-17(22)15(12)8-13/h2-6,8-10H,7,23H2,1H3,(H,25,26). The van der Waals surface area contributed by atoms with Crippen molar-refractivity contribution in [3.8, 4) is 5.69 Å². The number of aromatic nitrogens is 4. The van der Waals surface area contributed by atoms with Crippen LogP contribution in [0.4, 0.5) is 5.82 Å². The van der Waals surface area contributed by atoms with Crippen LogP contribution in [0.25, 0.3) is 22.8 Å². The summed E-state index contributed by atoms with van der Waals surface area (Å²) < 4.78 is 2.74. The van der Waals surface area contributed by atoms with Crippen LogP contribution in [0.2, 0.25) is 0 Å². The minimum Gasteiger partial charge on any atom is -0.383 e. The third-order valence-electron chi connectivity index (χ3n) is 5.01. The van der Waals surface area contributed by atoms with Crippen LogP contribution in [0.5, 0.6) is 0 Å². The fourth-order valence-corrected chi connectivity index (χ4v) is 4.35. The zero-order chi connectivity index (χ0) is 19.4. The van der Waals surface area contributed by atoms with Gasteiger partial charge in [0.05, 0.1) is 28.5 Å². The molecule has 6 nitrogen and oxygen atoms in total. The molecule has 0 bridgehead atoms. The Kier molecular flexibility index (Phi) is 3.87. The molecule has 2 heterocycles. The largest absolute Gasteiger partial charge is 0.383 e. The van der Waals surface area contributed by atoms with Crippen LogP contribution in [0.15, 0.2) is 48.2 Å². The highest BCUT2D eigenvalue weighted by Crippen LogP contribution is 2.32. The van der Waals surface area contributed by atoms with Crippen molar-refractivity contribution >= 4 is 51.3 Å². The molecule has 0 atom stereocenters. The van der Waals surface area contributed by atoms with Crippen molar-refractivity contribution in [1.82, 2.24) is 19.7 Å². The number of fused-ring (bicyclic) bond motifs is 2. The fraction of sp³-hybridized carbons (Fsp3) is 0.0952. The zero-order valence-electron chi connectivity index (χ0n) is 15.0. The van der Waals surface area contributed by atoms with Crippen LogP contribution in [-0.4, -0.2) is 25.5 Å². The first kappa shape index (κ1) is 17.2. The Labute approximate surface area is 174 Å². The van der Waals surface area contributed by atoms with Gasteiger partial charge in [0.2, 0.25) is 0 Å². The number of aromatic amines is 1. The van der Waals surface area contributed by atoms with Gasteiger partial charge in [-0.25, -0.2) is 9.67 Å². The average molecular weight is 481 g/mol. The van der Waals surface area contributed by atoms with Gasteiger partial charge in [0.15, 0.2) is 5.78 Å². The van der Waals surface area contributed by atoms with Gasteiger partial charge in [-0.05, 0) is 71.0 Å². The average Bonchev–Trinajstić information content (AvgIpc) is 3.36. The van der Waals surface area contributed by atoms with E-state index in [1.165, 1.54) is 5.56 Å². The lowest BCUT2D eigenvalue weighted by Crippen LogP contribution is -2.08. The lowest BCUT2D eigenvalue weighted by molar-refractivity contribution is 0.103. The third kappa shape index (κ3) is 2.65. The summed E-state index contributed by atoms with van der Waals surface area (Å²) in [4.78, 5) is 20.7. The number of imidazole rings is 1. The maximum absolute atomic E-state index is 13.1. The van der Waals surface area contributed by atoms with E-state index < -0.39 is 0 Å². The number of H-pyrrole nitrogens is 1. The number of nitrogens with one attached hydrogen (secondary N) is 1. The highest BCUT2D eigenvalue weighted by Gasteiger charge is 2.24. The molecule has 28 heavy (non-hydrogen) atoms. The van der Waals surface area contributed by atoms with E-state index in [2.05, 4.69) is 43.7 Å². The quantitative estimate of drug-likeness (QED) is 0.341. The molecule has 0 amide bonds. The molecule has 5 rings (SSSR count). The van der Waals surface area contributed by atoms with Crippen LogP contribution in [0, 0.1) is 10.5 Å². The molecule has 0 radical (unpaired) electrons. The van der Waals surface area contributed by atoms with Crippen molar-refractivity contribution in [3.05, 3.63) is 74.3 Å². The number of carbonyl (C=O) groups is 1. The predicted octanol–water partition coefficient (Wildman–Crippen LogP) is 4.07. The number of halogens is 1. The Morgan fingerprint density at radius 1 is 1.29 bits per heavy atom. The summed E-state index contributed by atoms with van der Waals surface area (Å²) in [5.74, 6) is 1.11. The van der Waals surface area contributed by atoms with Crippen molar-refractivity contribution in [2.75, 3.05) is 5.73 Å². The molecule has 0 unspecified atom stereocenters. The van der Waals surface area contributed by atoms with Crippen molar-refractivity contribution in [3.63, 3.8) is 0 Å². The predicted molar refractivity (Wildman–Crippen MR) is 118 cm³/mol. The smallest absolute Gasteiger partial charge is 0.194 e. The Morgan fingerprint density at radius 2 is 2.14 bits per heavy atom. The van der Waals surface area contributed by atoms with Crippen LogP contribution < -0.4 is 5.73 Å². The molecule has 0 spiro atoms. The van der Waals surface area contributed by atoms with Gasteiger partial charge in [-0.15, -0.1) is 0 Å². The minimum atomic E-state index is -0.0748. The maximum atomic E-state index is 13.1. The highest BCUT2D eigenvalue weighted by molar-refractivity contribution is 14.1. The minimum absolute atomic E-state index is 0.0748. The topological polar surface area (TPSA) is 89.6 Å². The molecule has 1 aliphatic rings. The normalized spacial score (nSPS) is 13.0. The first-order valence-corrected chi connectivity index (χ1v) is 9.92. The number of ketones is 1. The monoisotopic (exact) mass is 481 g/mol. The van der Waals surface area contributed by atoms with Gasteiger partial charge in [-0.2, -0.15) is 5.10 Å². The van der Waals surface area contributed by atoms with Crippen molar-refractivity contribution in [1.29, 1.82) is 0 Å². The Morgan fingerprint density at radius 3 is 2.96 bits per heavy atom. The maximum Gasteiger partial charge on any atom is 0.194 e. The second-order valence-electron chi connectivity index (χ2n) is 6.87. The SMILES string of the molecule is Cc1nc2ccc(-n3ncc(C(=O)C4=Cc5c(I)cccc5C4)c3N)cc2[nH]1. The lowest BCUT2D eigenvalue weighted by atomic mass is 10.0. The molecular formula is C21H16IN5O. The molecule has 4 aromatic rings. The van der Waals surface area contributed by atoms with Crippen LogP contribution >= 0.6 is 22.6 Å². The lowest BCUT2D eigenvalue weighted by Gasteiger charge is -2.05. The number of carbonyl (C=O) groups excluding carboxylic acids is 1. The summed E-state index contributed by atoms with van der Waals surface area (Å²) in [6, 6.07) is 11.9. The van der Waals surface area contributed by atoms with E-state index in [0.717, 1.165) is 37.3 Å². The molecule has 0 saturated carbocycles. The Balaban J connectivity index is 1.51. The molecule has 3 N–H and O–H groups in total. The summed E-state index contributed by atoms with van der Waals surface area (Å²) >= 11 is 2.30. The van der Waals surface area contributed by atoms with E-state index in [1.807, 2.05) is 43.3 Å². The molecule has 138 valence electrons. The number of hydrogen-bond donors (Lipinski definition) is 2. The summed E-state index contributed by atoms with van der Waals surface area (Å²) in [5, 5.41) is 4.37. The number of nitrogens with two attached hydrogens (primary N) is 1. The van der Waals surface area contributed by atoms with Crippen LogP contribution in [0.1, 0.15) is 27.3 Å². The molecular weight excluding hydrogens is 465 g/mol. The number of Topliss-reactive ketones (excluding diaryl/α,β-unsaturated/α-hetero) is 1. The second-order valence-corrected chi connectivity index (χ2v) is 8.03. The van der Waals surface area contributed by atoms with Gasteiger partial charge in [0.1, 0.15) is 11.6 Å². The Hall–Kier alpha value is -2.94. The number of allylic oxidation sites excluding steroid dienone is 1.